The fraction of sp³-hybridized carbons (Fsp3) is 0.647. The fourth-order valence-corrected chi connectivity index (χ4v) is 4.31. The molecule has 4 unspecified atom stereocenters. The fourth-order valence-electron chi connectivity index (χ4n) is 4.31. The molecular weight excluding hydrogens is 239 g/mol. The summed E-state index contributed by atoms with van der Waals surface area (Å²) < 4.78 is 13.2. The zero-order chi connectivity index (χ0) is 13.2. The monoisotopic (exact) mass is 262 g/mol. The second-order valence-corrected chi connectivity index (χ2v) is 6.55. The van der Waals surface area contributed by atoms with Gasteiger partial charge < -0.3 is 5.11 Å². The first-order chi connectivity index (χ1) is 9.24. The topological polar surface area (TPSA) is 20.2 Å². The van der Waals surface area contributed by atoms with E-state index in [1.165, 1.54) is 31.7 Å². The predicted octanol–water partition coefficient (Wildman–Crippen LogP) is 3.80. The van der Waals surface area contributed by atoms with Crippen molar-refractivity contribution in [2.24, 2.45) is 23.7 Å². The summed E-state index contributed by atoms with van der Waals surface area (Å²) in [7, 11) is 0. The minimum atomic E-state index is -0.172. The molecule has 1 aromatic carbocycles. The molecule has 2 aliphatic rings. The largest absolute Gasteiger partial charge is 0.396 e. The molecule has 1 aromatic rings. The summed E-state index contributed by atoms with van der Waals surface area (Å²) in [5.74, 6) is 2.81. The Labute approximate surface area is 114 Å². The Hall–Kier alpha value is -0.890. The van der Waals surface area contributed by atoms with Crippen molar-refractivity contribution >= 4 is 0 Å². The number of aliphatic hydroxyl groups is 1. The summed E-state index contributed by atoms with van der Waals surface area (Å²) in [5.41, 5.74) is 1.02. The third kappa shape index (κ3) is 3.00. The summed E-state index contributed by atoms with van der Waals surface area (Å²) in [5, 5.41) is 9.59. The summed E-state index contributed by atoms with van der Waals surface area (Å²) in [6, 6.07) is 6.81. The van der Waals surface area contributed by atoms with Gasteiger partial charge >= 0.3 is 0 Å². The standard InChI is InChI=1S/C17H23FO/c18-17-3-1-2-12(10-17)6-14(11-19)9-16-8-13-4-5-15(16)7-13/h1-3,10,13-16,19H,4-9,11H2. The maximum Gasteiger partial charge on any atom is 0.123 e. The van der Waals surface area contributed by atoms with Crippen LogP contribution in [0, 0.1) is 29.5 Å². The highest BCUT2D eigenvalue weighted by atomic mass is 19.1. The Morgan fingerprint density at radius 1 is 1.26 bits per heavy atom. The maximum atomic E-state index is 13.2. The maximum absolute atomic E-state index is 13.2. The number of aliphatic hydroxyl groups excluding tert-OH is 1. The molecular formula is C17H23FO. The molecule has 0 aromatic heterocycles. The molecule has 2 saturated carbocycles. The van der Waals surface area contributed by atoms with Crippen LogP contribution in [0.1, 0.15) is 37.7 Å². The van der Waals surface area contributed by atoms with Crippen LogP contribution in [-0.2, 0) is 6.42 Å². The van der Waals surface area contributed by atoms with Crippen molar-refractivity contribution < 1.29 is 9.50 Å². The van der Waals surface area contributed by atoms with Gasteiger partial charge in [0.25, 0.3) is 0 Å². The molecule has 2 bridgehead atoms. The van der Waals surface area contributed by atoms with Crippen LogP contribution in [0.5, 0.6) is 0 Å². The predicted molar refractivity (Wildman–Crippen MR) is 74.2 cm³/mol. The molecule has 19 heavy (non-hydrogen) atoms. The van der Waals surface area contributed by atoms with Gasteiger partial charge in [-0.15, -0.1) is 0 Å². The summed E-state index contributed by atoms with van der Waals surface area (Å²) in [6.45, 7) is 0.227. The van der Waals surface area contributed by atoms with E-state index in [-0.39, 0.29) is 12.4 Å². The van der Waals surface area contributed by atoms with E-state index in [1.807, 2.05) is 6.07 Å². The lowest BCUT2D eigenvalue weighted by Gasteiger charge is -2.25. The van der Waals surface area contributed by atoms with Crippen molar-refractivity contribution in [1.29, 1.82) is 0 Å². The molecule has 0 aliphatic heterocycles. The van der Waals surface area contributed by atoms with Gasteiger partial charge in [-0.25, -0.2) is 4.39 Å². The van der Waals surface area contributed by atoms with Gasteiger partial charge in [-0.05, 0) is 73.5 Å². The Bertz CT molecular complexity index is 431. The smallest absolute Gasteiger partial charge is 0.123 e. The molecule has 2 aliphatic carbocycles. The highest BCUT2D eigenvalue weighted by Crippen LogP contribution is 2.50. The van der Waals surface area contributed by atoms with Gasteiger partial charge in [0.2, 0.25) is 0 Å². The summed E-state index contributed by atoms with van der Waals surface area (Å²) in [6.07, 6.45) is 7.53. The van der Waals surface area contributed by atoms with Crippen LogP contribution in [-0.4, -0.2) is 11.7 Å². The molecule has 0 saturated heterocycles. The van der Waals surface area contributed by atoms with Crippen LogP contribution in [0.15, 0.2) is 24.3 Å². The second kappa shape index (κ2) is 5.62. The quantitative estimate of drug-likeness (QED) is 0.855. The average molecular weight is 262 g/mol. The number of fused-ring (bicyclic) bond motifs is 2. The lowest BCUT2D eigenvalue weighted by Crippen LogP contribution is -2.19. The number of halogens is 1. The summed E-state index contributed by atoms with van der Waals surface area (Å²) in [4.78, 5) is 0. The molecule has 1 N–H and O–H groups in total. The van der Waals surface area contributed by atoms with E-state index in [1.54, 1.807) is 12.1 Å². The van der Waals surface area contributed by atoms with E-state index >= 15 is 0 Å². The molecule has 1 nitrogen and oxygen atoms in total. The van der Waals surface area contributed by atoms with Crippen molar-refractivity contribution in [2.75, 3.05) is 6.61 Å². The Morgan fingerprint density at radius 3 is 2.79 bits per heavy atom. The van der Waals surface area contributed by atoms with Gasteiger partial charge in [-0.3, -0.25) is 0 Å². The first-order valence-electron chi connectivity index (χ1n) is 7.60. The van der Waals surface area contributed by atoms with E-state index in [0.717, 1.165) is 36.2 Å². The van der Waals surface area contributed by atoms with Crippen LogP contribution >= 0.6 is 0 Å². The normalized spacial score (nSPS) is 30.7. The van der Waals surface area contributed by atoms with Gasteiger partial charge in [0.1, 0.15) is 5.82 Å². The van der Waals surface area contributed by atoms with E-state index in [0.29, 0.717) is 5.92 Å². The lowest BCUT2D eigenvalue weighted by atomic mass is 9.80. The molecule has 2 fully saturated rings. The van der Waals surface area contributed by atoms with Crippen LogP contribution in [0.3, 0.4) is 0 Å². The summed E-state index contributed by atoms with van der Waals surface area (Å²) >= 11 is 0. The van der Waals surface area contributed by atoms with E-state index < -0.39 is 0 Å². The Morgan fingerprint density at radius 2 is 2.16 bits per heavy atom. The SMILES string of the molecule is OCC(Cc1cccc(F)c1)CC1CC2CCC1C2. The minimum Gasteiger partial charge on any atom is -0.396 e. The molecule has 0 heterocycles. The molecule has 2 heteroatoms. The number of rotatable bonds is 5. The highest BCUT2D eigenvalue weighted by Gasteiger charge is 2.39. The highest BCUT2D eigenvalue weighted by molar-refractivity contribution is 5.17. The zero-order valence-electron chi connectivity index (χ0n) is 11.4. The third-order valence-corrected chi connectivity index (χ3v) is 5.19. The van der Waals surface area contributed by atoms with Gasteiger partial charge in [-0.2, -0.15) is 0 Å². The Kier molecular flexibility index (Phi) is 3.88. The van der Waals surface area contributed by atoms with Gasteiger partial charge in [0.15, 0.2) is 0 Å². The average Bonchev–Trinajstić information content (AvgIpc) is 3.00. The van der Waals surface area contributed by atoms with Crippen molar-refractivity contribution in [3.63, 3.8) is 0 Å². The van der Waals surface area contributed by atoms with Gasteiger partial charge in [0.05, 0.1) is 0 Å². The van der Waals surface area contributed by atoms with Crippen LogP contribution < -0.4 is 0 Å². The van der Waals surface area contributed by atoms with Crippen molar-refractivity contribution in [1.82, 2.24) is 0 Å². The van der Waals surface area contributed by atoms with Crippen molar-refractivity contribution in [3.8, 4) is 0 Å². The lowest BCUT2D eigenvalue weighted by molar-refractivity contribution is 0.178. The number of hydrogen-bond donors (Lipinski definition) is 1. The Balaban J connectivity index is 1.59. The number of benzene rings is 1. The first kappa shape index (κ1) is 13.1. The molecule has 0 amide bonds. The van der Waals surface area contributed by atoms with E-state index in [4.69, 9.17) is 0 Å². The van der Waals surface area contributed by atoms with Crippen LogP contribution in [0.25, 0.3) is 0 Å². The van der Waals surface area contributed by atoms with Crippen LogP contribution in [0.4, 0.5) is 4.39 Å². The van der Waals surface area contributed by atoms with E-state index in [9.17, 15) is 9.50 Å². The molecule has 0 radical (unpaired) electrons. The third-order valence-electron chi connectivity index (χ3n) is 5.19. The molecule has 4 atom stereocenters. The second-order valence-electron chi connectivity index (χ2n) is 6.55. The minimum absolute atomic E-state index is 0.172. The van der Waals surface area contributed by atoms with E-state index in [2.05, 4.69) is 0 Å². The van der Waals surface area contributed by atoms with Gasteiger partial charge in [0, 0.05) is 6.61 Å². The van der Waals surface area contributed by atoms with Crippen molar-refractivity contribution in [3.05, 3.63) is 35.6 Å². The van der Waals surface area contributed by atoms with Crippen molar-refractivity contribution in [2.45, 2.75) is 38.5 Å². The zero-order valence-corrected chi connectivity index (χ0v) is 11.4. The number of hydrogen-bond acceptors (Lipinski definition) is 1. The molecule has 0 spiro atoms. The van der Waals surface area contributed by atoms with Gasteiger partial charge in [-0.1, -0.05) is 18.6 Å². The molecule has 3 rings (SSSR count). The molecule has 104 valence electrons. The van der Waals surface area contributed by atoms with Crippen LogP contribution in [0.2, 0.25) is 0 Å². The first-order valence-corrected chi connectivity index (χ1v) is 7.60.